The molecule has 0 spiro atoms. The van der Waals surface area contributed by atoms with Crippen LogP contribution in [0.4, 0.5) is 0 Å². The van der Waals surface area contributed by atoms with Crippen LogP contribution in [-0.4, -0.2) is 69.4 Å². The van der Waals surface area contributed by atoms with E-state index in [-0.39, 0.29) is 24.9 Å². The summed E-state index contributed by atoms with van der Waals surface area (Å²) in [6.07, 6.45) is 59.3. The quantitative estimate of drug-likeness (QED) is 0.0161. The van der Waals surface area contributed by atoms with Gasteiger partial charge in [-0.3, -0.25) is 14.2 Å². The Balaban J connectivity index is 5.35. The van der Waals surface area contributed by atoms with Crippen LogP contribution in [0, 0.1) is 0 Å². The van der Waals surface area contributed by atoms with Crippen molar-refractivity contribution in [1.29, 1.82) is 0 Å². The van der Waals surface area contributed by atoms with Gasteiger partial charge in [-0.2, -0.15) is 0 Å². The molecule has 0 aromatic rings. The minimum atomic E-state index is -4.70. The standard InChI is InChI=1S/C59H111N2O7P/c1-7-10-13-16-19-22-25-28-29-30-31-34-37-40-43-46-49-52-59(63)68-57(50-47-44-41-38-35-32-26-23-20-17-14-11-8-2)56(55-67-69(64,65)66-54-53-61(4,5)6)60-58(62)51-48-45-42-39-36-33-27-24-21-18-15-12-9-3/h12,15,18,21,24,27,47,50,56-57H,7-11,13-14,16-17,19-20,22-23,25-26,28-46,48-49,51-55H2,1-6H3,(H-,60,62,64,65)/b15-12+,21-18+,27-24-,50-47+. The maximum atomic E-state index is 13.5. The second kappa shape index (κ2) is 49.5. The molecule has 0 radical (unpaired) electrons. The summed E-state index contributed by atoms with van der Waals surface area (Å²) in [5, 5.41) is 3.01. The number of nitrogens with zero attached hydrogens (tertiary/aromatic N) is 1. The van der Waals surface area contributed by atoms with Gasteiger partial charge in [0.1, 0.15) is 19.3 Å². The molecule has 1 N–H and O–H groups in total. The third-order valence-corrected chi connectivity index (χ3v) is 13.8. The van der Waals surface area contributed by atoms with Crippen molar-refractivity contribution in [3.05, 3.63) is 48.6 Å². The first-order chi connectivity index (χ1) is 33.4. The molecule has 0 saturated carbocycles. The van der Waals surface area contributed by atoms with Gasteiger partial charge in [0.15, 0.2) is 0 Å². The molecule has 0 heterocycles. The minimum Gasteiger partial charge on any atom is -0.756 e. The fourth-order valence-corrected chi connectivity index (χ4v) is 9.07. The molecule has 69 heavy (non-hydrogen) atoms. The minimum absolute atomic E-state index is 0.0259. The number of unbranched alkanes of at least 4 members (excludes halogenated alkanes) is 32. The molecule has 0 aliphatic heterocycles. The number of carbonyl (C=O) groups excluding carboxylic acids is 2. The molecule has 0 aromatic carbocycles. The van der Waals surface area contributed by atoms with Gasteiger partial charge in [-0.25, -0.2) is 0 Å². The number of allylic oxidation sites excluding steroid dienone is 7. The second-order valence-electron chi connectivity index (χ2n) is 20.8. The number of quaternary nitrogens is 1. The van der Waals surface area contributed by atoms with Crippen LogP contribution < -0.4 is 10.2 Å². The van der Waals surface area contributed by atoms with Crippen molar-refractivity contribution in [1.82, 2.24) is 5.32 Å². The summed E-state index contributed by atoms with van der Waals surface area (Å²) in [6.45, 7) is 6.71. The van der Waals surface area contributed by atoms with Crippen LogP contribution in [-0.2, 0) is 27.9 Å². The molecule has 10 heteroatoms. The van der Waals surface area contributed by atoms with Crippen molar-refractivity contribution in [2.75, 3.05) is 40.9 Å². The van der Waals surface area contributed by atoms with Gasteiger partial charge in [-0.1, -0.05) is 250 Å². The van der Waals surface area contributed by atoms with Gasteiger partial charge in [-0.05, 0) is 51.0 Å². The molecule has 3 unspecified atom stereocenters. The summed E-state index contributed by atoms with van der Waals surface area (Å²) >= 11 is 0. The summed E-state index contributed by atoms with van der Waals surface area (Å²) in [5.41, 5.74) is 0. The van der Waals surface area contributed by atoms with Crippen molar-refractivity contribution in [2.24, 2.45) is 0 Å². The van der Waals surface area contributed by atoms with Gasteiger partial charge in [0.05, 0.1) is 33.8 Å². The van der Waals surface area contributed by atoms with Gasteiger partial charge in [-0.15, -0.1) is 0 Å². The topological polar surface area (TPSA) is 114 Å². The maximum absolute atomic E-state index is 13.5. The van der Waals surface area contributed by atoms with Crippen LogP contribution in [0.25, 0.3) is 0 Å². The Bertz CT molecular complexity index is 1330. The van der Waals surface area contributed by atoms with Crippen LogP contribution in [0.2, 0.25) is 0 Å². The molecule has 0 rings (SSSR count). The molecule has 0 aliphatic rings. The Morgan fingerprint density at radius 1 is 0.522 bits per heavy atom. The first-order valence-electron chi connectivity index (χ1n) is 29.0. The van der Waals surface area contributed by atoms with Crippen LogP contribution in [0.15, 0.2) is 48.6 Å². The number of hydrogen-bond donors (Lipinski definition) is 1. The second-order valence-corrected chi connectivity index (χ2v) is 22.2. The Morgan fingerprint density at radius 2 is 0.928 bits per heavy atom. The van der Waals surface area contributed by atoms with Gasteiger partial charge in [0.25, 0.3) is 7.82 Å². The first-order valence-corrected chi connectivity index (χ1v) is 30.4. The molecule has 404 valence electrons. The number of phosphoric acid groups is 1. The molecule has 0 aliphatic carbocycles. The van der Waals surface area contributed by atoms with E-state index in [9.17, 15) is 19.0 Å². The number of rotatable bonds is 52. The Labute approximate surface area is 427 Å². The maximum Gasteiger partial charge on any atom is 0.306 e. The van der Waals surface area contributed by atoms with Crippen LogP contribution >= 0.6 is 7.82 Å². The largest absolute Gasteiger partial charge is 0.756 e. The SMILES string of the molecule is CC/C=C/C=C/C=C\CCCCCCCC(=O)NC(COP(=O)([O-])OCC[N+](C)(C)C)C(/C=C/CCCCCCCCCCCCC)OC(=O)CCCCCCCCCCCCCCCCCCC. The third-order valence-electron chi connectivity index (χ3n) is 12.8. The molecule has 0 bridgehead atoms. The highest BCUT2D eigenvalue weighted by molar-refractivity contribution is 7.45. The Morgan fingerprint density at radius 3 is 1.38 bits per heavy atom. The number of phosphoric ester groups is 1. The third kappa shape index (κ3) is 50.7. The number of carbonyl (C=O) groups is 2. The van der Waals surface area contributed by atoms with E-state index in [1.54, 1.807) is 0 Å². The van der Waals surface area contributed by atoms with E-state index in [0.717, 1.165) is 77.0 Å². The average Bonchev–Trinajstić information content (AvgIpc) is 3.31. The number of ether oxygens (including phenoxy) is 1. The van der Waals surface area contributed by atoms with E-state index in [0.29, 0.717) is 23.9 Å². The monoisotopic (exact) mass is 991 g/mol. The van der Waals surface area contributed by atoms with E-state index in [4.69, 9.17) is 13.8 Å². The molecule has 0 aromatic heterocycles. The highest BCUT2D eigenvalue weighted by Crippen LogP contribution is 2.38. The lowest BCUT2D eigenvalue weighted by molar-refractivity contribution is -0.870. The van der Waals surface area contributed by atoms with Crippen molar-refractivity contribution >= 4 is 19.7 Å². The van der Waals surface area contributed by atoms with Crippen LogP contribution in [0.3, 0.4) is 0 Å². The zero-order chi connectivity index (χ0) is 50.8. The molecular formula is C59H111N2O7P. The lowest BCUT2D eigenvalue weighted by Crippen LogP contribution is -2.47. The highest BCUT2D eigenvalue weighted by atomic mass is 31.2. The Kier molecular flexibility index (Phi) is 48.1. The Hall–Kier alpha value is -2.03. The normalized spacial score (nSPS) is 14.1. The predicted molar refractivity (Wildman–Crippen MR) is 293 cm³/mol. The van der Waals surface area contributed by atoms with Crippen LogP contribution in [0.1, 0.15) is 265 Å². The highest BCUT2D eigenvalue weighted by Gasteiger charge is 2.27. The molecule has 9 nitrogen and oxygen atoms in total. The van der Waals surface area contributed by atoms with Gasteiger partial charge in [0, 0.05) is 12.8 Å². The smallest absolute Gasteiger partial charge is 0.306 e. The van der Waals surface area contributed by atoms with Crippen LogP contribution in [0.5, 0.6) is 0 Å². The van der Waals surface area contributed by atoms with Gasteiger partial charge in [0.2, 0.25) is 5.91 Å². The molecule has 0 fully saturated rings. The number of amides is 1. The average molecular weight is 992 g/mol. The van der Waals surface area contributed by atoms with Gasteiger partial charge < -0.3 is 28.5 Å². The lowest BCUT2D eigenvalue weighted by atomic mass is 10.0. The molecule has 0 saturated heterocycles. The number of esters is 1. The zero-order valence-corrected chi connectivity index (χ0v) is 46.9. The predicted octanol–water partition coefficient (Wildman–Crippen LogP) is 16.7. The van der Waals surface area contributed by atoms with E-state index in [1.807, 2.05) is 39.4 Å². The van der Waals surface area contributed by atoms with Gasteiger partial charge >= 0.3 is 5.97 Å². The summed E-state index contributed by atoms with van der Waals surface area (Å²) in [5.74, 6) is -0.557. The van der Waals surface area contributed by atoms with E-state index >= 15 is 0 Å². The van der Waals surface area contributed by atoms with Crippen molar-refractivity contribution in [3.63, 3.8) is 0 Å². The van der Waals surface area contributed by atoms with E-state index in [2.05, 4.69) is 56.5 Å². The molecule has 3 atom stereocenters. The molecular weight excluding hydrogens is 880 g/mol. The fraction of sp³-hybridized carbons (Fsp3) is 0.831. The van der Waals surface area contributed by atoms with Crippen molar-refractivity contribution in [2.45, 2.75) is 277 Å². The summed E-state index contributed by atoms with van der Waals surface area (Å²) in [6, 6.07) is -0.895. The summed E-state index contributed by atoms with van der Waals surface area (Å²) < 4.78 is 30.2. The van der Waals surface area contributed by atoms with E-state index < -0.39 is 26.6 Å². The molecule has 1 amide bonds. The first kappa shape index (κ1) is 67.0. The van der Waals surface area contributed by atoms with Crippen molar-refractivity contribution < 1.29 is 37.3 Å². The fourth-order valence-electron chi connectivity index (χ4n) is 8.35. The number of likely N-dealkylation sites (N-methyl/N-ethyl adjacent to an activating group) is 1. The van der Waals surface area contributed by atoms with E-state index in [1.165, 1.54) is 148 Å². The summed E-state index contributed by atoms with van der Waals surface area (Å²) in [7, 11) is 1.17. The zero-order valence-electron chi connectivity index (χ0n) is 46.0. The van der Waals surface area contributed by atoms with Crippen molar-refractivity contribution in [3.8, 4) is 0 Å². The summed E-state index contributed by atoms with van der Waals surface area (Å²) in [4.78, 5) is 39.8. The number of hydrogen-bond acceptors (Lipinski definition) is 7. The lowest BCUT2D eigenvalue weighted by Gasteiger charge is -2.30. The number of nitrogens with one attached hydrogen (secondary N) is 1.